The van der Waals surface area contributed by atoms with E-state index in [9.17, 15) is 4.79 Å². The summed E-state index contributed by atoms with van der Waals surface area (Å²) in [4.78, 5) is 11.4. The molecule has 1 aliphatic carbocycles. The minimum atomic E-state index is -0.0618. The fourth-order valence-electron chi connectivity index (χ4n) is 1.69. The quantitative estimate of drug-likeness (QED) is 0.705. The largest absolute Gasteiger partial charge is 0.461 e. The molecule has 0 spiro atoms. The van der Waals surface area contributed by atoms with E-state index in [1.54, 1.807) is 0 Å². The molecule has 0 aliphatic heterocycles. The molecule has 2 nitrogen and oxygen atoms in total. The van der Waals surface area contributed by atoms with Crippen molar-refractivity contribution in [3.05, 3.63) is 35.9 Å². The second-order valence-corrected chi connectivity index (χ2v) is 4.32. The maximum Gasteiger partial charge on any atom is 0.306 e. The second kappa shape index (κ2) is 4.47. The molecular weight excluding hydrogens is 188 g/mol. The molecular formula is C13H16O2. The molecule has 0 unspecified atom stereocenters. The Morgan fingerprint density at radius 1 is 1.40 bits per heavy atom. The number of benzene rings is 1. The normalized spacial score (nSPS) is 23.5. The number of carbonyl (C=O) groups excluding carboxylic acids is 1. The summed E-state index contributed by atoms with van der Waals surface area (Å²) in [5.74, 6) is 1.23. The average molecular weight is 204 g/mol. The first-order chi connectivity index (χ1) is 7.25. The van der Waals surface area contributed by atoms with Crippen LogP contribution in [0.2, 0.25) is 0 Å². The summed E-state index contributed by atoms with van der Waals surface area (Å²) < 4.78 is 5.19. The van der Waals surface area contributed by atoms with Crippen LogP contribution in [0.3, 0.4) is 0 Å². The summed E-state index contributed by atoms with van der Waals surface area (Å²) in [6.45, 7) is 2.58. The van der Waals surface area contributed by atoms with Crippen molar-refractivity contribution in [1.82, 2.24) is 0 Å². The molecule has 0 saturated heterocycles. The van der Waals surface area contributed by atoms with Crippen molar-refractivity contribution in [2.24, 2.45) is 11.8 Å². The molecule has 0 amide bonds. The molecule has 0 bridgehead atoms. The SMILES string of the molecule is C[C@H]1C[C@@H]1CC(=O)OCc1ccccc1. The zero-order valence-corrected chi connectivity index (χ0v) is 8.98. The van der Waals surface area contributed by atoms with Gasteiger partial charge in [0.05, 0.1) is 0 Å². The predicted molar refractivity (Wildman–Crippen MR) is 58.1 cm³/mol. The summed E-state index contributed by atoms with van der Waals surface area (Å²) in [6, 6.07) is 9.79. The highest BCUT2D eigenvalue weighted by Crippen LogP contribution is 2.40. The summed E-state index contributed by atoms with van der Waals surface area (Å²) in [7, 11) is 0. The van der Waals surface area contributed by atoms with E-state index in [4.69, 9.17) is 4.74 Å². The monoisotopic (exact) mass is 204 g/mol. The van der Waals surface area contributed by atoms with E-state index >= 15 is 0 Å². The van der Waals surface area contributed by atoms with Gasteiger partial charge in [0, 0.05) is 6.42 Å². The molecule has 1 aromatic carbocycles. The van der Waals surface area contributed by atoms with E-state index < -0.39 is 0 Å². The Kier molecular flexibility index (Phi) is 3.05. The van der Waals surface area contributed by atoms with Gasteiger partial charge in [-0.1, -0.05) is 37.3 Å². The lowest BCUT2D eigenvalue weighted by Crippen LogP contribution is -2.05. The topological polar surface area (TPSA) is 26.3 Å². The Labute approximate surface area is 90.3 Å². The van der Waals surface area contributed by atoms with Gasteiger partial charge >= 0.3 is 5.97 Å². The van der Waals surface area contributed by atoms with Crippen LogP contribution in [0.15, 0.2) is 30.3 Å². The molecule has 1 aliphatic rings. The van der Waals surface area contributed by atoms with Crippen LogP contribution >= 0.6 is 0 Å². The molecule has 2 atom stereocenters. The van der Waals surface area contributed by atoms with Crippen LogP contribution in [0.1, 0.15) is 25.3 Å². The number of esters is 1. The molecule has 0 aromatic heterocycles. The smallest absolute Gasteiger partial charge is 0.306 e. The maximum atomic E-state index is 11.4. The fraction of sp³-hybridized carbons (Fsp3) is 0.462. The van der Waals surface area contributed by atoms with E-state index in [1.165, 1.54) is 6.42 Å². The maximum absolute atomic E-state index is 11.4. The molecule has 1 fully saturated rings. The third kappa shape index (κ3) is 3.08. The molecule has 0 N–H and O–H groups in total. The molecule has 0 radical (unpaired) electrons. The van der Waals surface area contributed by atoms with E-state index in [1.807, 2.05) is 30.3 Å². The number of ether oxygens (including phenoxy) is 1. The lowest BCUT2D eigenvalue weighted by atomic mass is 10.2. The van der Waals surface area contributed by atoms with Gasteiger partial charge in [0.15, 0.2) is 0 Å². The van der Waals surface area contributed by atoms with Gasteiger partial charge in [-0.15, -0.1) is 0 Å². The molecule has 2 rings (SSSR count). The minimum absolute atomic E-state index is 0.0618. The summed E-state index contributed by atoms with van der Waals surface area (Å²) >= 11 is 0. The van der Waals surface area contributed by atoms with E-state index in [2.05, 4.69) is 6.92 Å². The van der Waals surface area contributed by atoms with Crippen molar-refractivity contribution >= 4 is 5.97 Å². The molecule has 0 heterocycles. The van der Waals surface area contributed by atoms with Crippen LogP contribution in [-0.4, -0.2) is 5.97 Å². The number of rotatable bonds is 4. The fourth-order valence-corrected chi connectivity index (χ4v) is 1.69. The van der Waals surface area contributed by atoms with Gasteiger partial charge in [-0.2, -0.15) is 0 Å². The first kappa shape index (κ1) is 10.2. The third-order valence-corrected chi connectivity index (χ3v) is 2.95. The van der Waals surface area contributed by atoms with Crippen LogP contribution in [-0.2, 0) is 16.1 Å². The lowest BCUT2D eigenvalue weighted by Gasteiger charge is -2.03. The van der Waals surface area contributed by atoms with Gasteiger partial charge in [-0.25, -0.2) is 0 Å². The van der Waals surface area contributed by atoms with Crippen LogP contribution in [0, 0.1) is 11.8 Å². The third-order valence-electron chi connectivity index (χ3n) is 2.95. The average Bonchev–Trinajstić information content (AvgIpc) is 2.93. The van der Waals surface area contributed by atoms with Crippen LogP contribution in [0.4, 0.5) is 0 Å². The van der Waals surface area contributed by atoms with Crippen molar-refractivity contribution in [2.45, 2.75) is 26.4 Å². The molecule has 1 saturated carbocycles. The Morgan fingerprint density at radius 2 is 2.07 bits per heavy atom. The number of hydrogen-bond donors (Lipinski definition) is 0. The Bertz CT molecular complexity index is 332. The van der Waals surface area contributed by atoms with Crippen LogP contribution in [0.5, 0.6) is 0 Å². The van der Waals surface area contributed by atoms with Crippen molar-refractivity contribution in [3.8, 4) is 0 Å². The summed E-state index contributed by atoms with van der Waals surface area (Å²) in [6.07, 6.45) is 1.77. The van der Waals surface area contributed by atoms with Crippen LogP contribution in [0.25, 0.3) is 0 Å². The van der Waals surface area contributed by atoms with Gasteiger partial charge in [0.1, 0.15) is 6.61 Å². The van der Waals surface area contributed by atoms with Crippen molar-refractivity contribution in [2.75, 3.05) is 0 Å². The van der Waals surface area contributed by atoms with Crippen molar-refractivity contribution < 1.29 is 9.53 Å². The van der Waals surface area contributed by atoms with Gasteiger partial charge in [-0.05, 0) is 23.8 Å². The van der Waals surface area contributed by atoms with E-state index in [0.717, 1.165) is 5.56 Å². The highest BCUT2D eigenvalue weighted by molar-refractivity contribution is 5.70. The van der Waals surface area contributed by atoms with Gasteiger partial charge in [0.25, 0.3) is 0 Å². The van der Waals surface area contributed by atoms with E-state index in [-0.39, 0.29) is 5.97 Å². The Hall–Kier alpha value is -1.31. The zero-order valence-electron chi connectivity index (χ0n) is 8.98. The van der Waals surface area contributed by atoms with Gasteiger partial charge < -0.3 is 4.74 Å². The first-order valence-corrected chi connectivity index (χ1v) is 5.45. The molecule has 2 heteroatoms. The van der Waals surface area contributed by atoms with Crippen LogP contribution < -0.4 is 0 Å². The zero-order chi connectivity index (χ0) is 10.7. The Morgan fingerprint density at radius 3 is 2.67 bits per heavy atom. The first-order valence-electron chi connectivity index (χ1n) is 5.45. The predicted octanol–water partition coefficient (Wildman–Crippen LogP) is 2.78. The summed E-state index contributed by atoms with van der Waals surface area (Å²) in [5.41, 5.74) is 1.05. The number of hydrogen-bond acceptors (Lipinski definition) is 2. The highest BCUT2D eigenvalue weighted by atomic mass is 16.5. The highest BCUT2D eigenvalue weighted by Gasteiger charge is 2.34. The lowest BCUT2D eigenvalue weighted by molar-refractivity contribution is -0.145. The van der Waals surface area contributed by atoms with Crippen molar-refractivity contribution in [3.63, 3.8) is 0 Å². The summed E-state index contributed by atoms with van der Waals surface area (Å²) in [5, 5.41) is 0. The second-order valence-electron chi connectivity index (χ2n) is 4.32. The standard InChI is InChI=1S/C13H16O2/c1-10-7-12(10)8-13(14)15-9-11-5-3-2-4-6-11/h2-6,10,12H,7-9H2,1H3/t10-,12+/m0/s1. The van der Waals surface area contributed by atoms with E-state index in [0.29, 0.717) is 24.9 Å². The van der Waals surface area contributed by atoms with Crippen molar-refractivity contribution in [1.29, 1.82) is 0 Å². The minimum Gasteiger partial charge on any atom is -0.461 e. The van der Waals surface area contributed by atoms with Gasteiger partial charge in [-0.3, -0.25) is 4.79 Å². The molecule has 1 aromatic rings. The molecule has 15 heavy (non-hydrogen) atoms. The van der Waals surface area contributed by atoms with Gasteiger partial charge in [0.2, 0.25) is 0 Å². The number of carbonyl (C=O) groups is 1. The molecule has 80 valence electrons. The Balaban J connectivity index is 1.71.